The van der Waals surface area contributed by atoms with E-state index < -0.39 is 0 Å². The van der Waals surface area contributed by atoms with Gasteiger partial charge in [-0.05, 0) is 67.3 Å². The number of nitrogens with zero attached hydrogens (tertiary/aromatic N) is 3. The van der Waals surface area contributed by atoms with Crippen LogP contribution in [0.4, 0.5) is 5.82 Å². The summed E-state index contributed by atoms with van der Waals surface area (Å²) in [6.45, 7) is 0.959. The van der Waals surface area contributed by atoms with Crippen LogP contribution in [0, 0.1) is 0 Å². The third kappa shape index (κ3) is 6.41. The summed E-state index contributed by atoms with van der Waals surface area (Å²) in [5.74, 6) is 1.80. The molecule has 168 valence electrons. The van der Waals surface area contributed by atoms with Crippen molar-refractivity contribution in [2.75, 3.05) is 18.5 Å². The zero-order valence-electron chi connectivity index (χ0n) is 17.9. The lowest BCUT2D eigenvalue weighted by molar-refractivity contribution is 0.276. The predicted octanol–water partition coefficient (Wildman–Crippen LogP) is 6.24. The second-order valence-electron chi connectivity index (χ2n) is 7.57. The largest absolute Gasteiger partial charge is 0.394 e. The number of amidine groups is 1. The van der Waals surface area contributed by atoms with Gasteiger partial charge in [0.25, 0.3) is 0 Å². The molecule has 2 N–H and O–H groups in total. The Morgan fingerprint density at radius 2 is 1.70 bits per heavy atom. The molecule has 5 nitrogen and oxygen atoms in total. The molecule has 0 saturated heterocycles. The second-order valence-corrected chi connectivity index (χ2v) is 9.40. The molecule has 0 aliphatic carbocycles. The molecule has 0 spiro atoms. The maximum atomic E-state index is 9.40. The maximum absolute atomic E-state index is 9.40. The first kappa shape index (κ1) is 23.4. The number of benzene rings is 2. The first-order valence-electron chi connectivity index (χ1n) is 10.6. The molecule has 2 aliphatic heterocycles. The minimum atomic E-state index is -0.134. The van der Waals surface area contributed by atoms with E-state index >= 15 is 0 Å². The Balaban J connectivity index is 0.000000157. The maximum Gasteiger partial charge on any atom is 0.128 e. The van der Waals surface area contributed by atoms with Crippen molar-refractivity contribution in [1.29, 1.82) is 0 Å². The molecule has 33 heavy (non-hydrogen) atoms. The van der Waals surface area contributed by atoms with E-state index in [0.29, 0.717) is 0 Å². The third-order valence-corrected chi connectivity index (χ3v) is 6.18. The van der Waals surface area contributed by atoms with E-state index in [1.54, 1.807) is 6.20 Å². The molecule has 5 rings (SSSR count). The van der Waals surface area contributed by atoms with Gasteiger partial charge in [-0.2, -0.15) is 0 Å². The smallest absolute Gasteiger partial charge is 0.128 e. The molecule has 2 aliphatic rings. The van der Waals surface area contributed by atoms with Gasteiger partial charge in [-0.1, -0.05) is 60.7 Å². The van der Waals surface area contributed by atoms with Crippen LogP contribution in [-0.4, -0.2) is 34.0 Å². The van der Waals surface area contributed by atoms with Crippen LogP contribution in [0.2, 0.25) is 0 Å². The number of pyridine rings is 1. The van der Waals surface area contributed by atoms with Crippen molar-refractivity contribution in [2.45, 2.75) is 12.1 Å². The fraction of sp³-hybridized carbons (Fsp3) is 0.154. The molecular formula is C26H24Br2N4O. The van der Waals surface area contributed by atoms with E-state index in [1.165, 1.54) is 5.56 Å². The Kier molecular flexibility index (Phi) is 8.10. The Labute approximate surface area is 210 Å². The monoisotopic (exact) mass is 566 g/mol. The highest BCUT2D eigenvalue weighted by Gasteiger charge is 2.24. The van der Waals surface area contributed by atoms with Gasteiger partial charge in [-0.25, -0.2) is 4.98 Å². The molecule has 0 fully saturated rings. The number of nitrogens with one attached hydrogen (secondary N) is 1. The van der Waals surface area contributed by atoms with Crippen LogP contribution in [0.25, 0.3) is 0 Å². The van der Waals surface area contributed by atoms with Crippen LogP contribution < -0.4 is 5.32 Å². The van der Waals surface area contributed by atoms with Gasteiger partial charge in [0, 0.05) is 21.4 Å². The topological polar surface area (TPSA) is 60.8 Å². The molecule has 3 aromatic rings. The highest BCUT2D eigenvalue weighted by atomic mass is 79.9. The summed E-state index contributed by atoms with van der Waals surface area (Å²) in [7, 11) is 0. The SMILES string of the molecule is BrC1=CN2C[C@@H](c3ccccc3)N=C2C=C1.OCC(Nc1ccc(Br)cn1)c1ccccc1. The van der Waals surface area contributed by atoms with Crippen molar-refractivity contribution in [3.05, 3.63) is 117 Å². The van der Waals surface area contributed by atoms with Gasteiger partial charge in [0.1, 0.15) is 11.7 Å². The Bertz CT molecular complexity index is 1130. The van der Waals surface area contributed by atoms with E-state index in [2.05, 4.69) is 77.5 Å². The number of aliphatic imine (C=N–C) groups is 1. The zero-order valence-corrected chi connectivity index (χ0v) is 21.0. The summed E-state index contributed by atoms with van der Waals surface area (Å²) in [5, 5.41) is 12.6. The number of fused-ring (bicyclic) bond motifs is 1. The van der Waals surface area contributed by atoms with Crippen LogP contribution in [0.3, 0.4) is 0 Å². The highest BCUT2D eigenvalue weighted by Crippen LogP contribution is 2.28. The van der Waals surface area contributed by atoms with Gasteiger partial charge < -0.3 is 15.3 Å². The average molecular weight is 568 g/mol. The normalized spacial score (nSPS) is 17.3. The molecule has 0 amide bonds. The Hall–Kier alpha value is -2.74. The van der Waals surface area contributed by atoms with Crippen LogP contribution >= 0.6 is 31.9 Å². The Morgan fingerprint density at radius 3 is 2.36 bits per heavy atom. The fourth-order valence-electron chi connectivity index (χ4n) is 3.57. The first-order valence-corrected chi connectivity index (χ1v) is 12.2. The van der Waals surface area contributed by atoms with Crippen molar-refractivity contribution in [2.24, 2.45) is 4.99 Å². The summed E-state index contributed by atoms with van der Waals surface area (Å²) in [6, 6.07) is 24.2. The van der Waals surface area contributed by atoms with Gasteiger partial charge >= 0.3 is 0 Å². The van der Waals surface area contributed by atoms with Crippen LogP contribution in [-0.2, 0) is 0 Å². The van der Waals surface area contributed by atoms with Crippen molar-refractivity contribution >= 4 is 43.5 Å². The summed E-state index contributed by atoms with van der Waals surface area (Å²) in [5.41, 5.74) is 2.32. The van der Waals surface area contributed by atoms with Gasteiger partial charge in [0.2, 0.25) is 0 Å². The lowest BCUT2D eigenvalue weighted by atomic mass is 10.1. The van der Waals surface area contributed by atoms with E-state index in [0.717, 1.165) is 32.7 Å². The molecule has 0 radical (unpaired) electrons. The van der Waals surface area contributed by atoms with Crippen LogP contribution in [0.15, 0.2) is 111 Å². The molecule has 3 heterocycles. The molecular weight excluding hydrogens is 544 g/mol. The number of anilines is 1. The predicted molar refractivity (Wildman–Crippen MR) is 141 cm³/mol. The third-order valence-electron chi connectivity index (χ3n) is 5.24. The molecule has 2 atom stereocenters. The molecule has 1 unspecified atom stereocenters. The average Bonchev–Trinajstić information content (AvgIpc) is 3.28. The summed E-state index contributed by atoms with van der Waals surface area (Å²) in [4.78, 5) is 11.1. The number of hydrogen-bond donors (Lipinski definition) is 2. The standard InChI is InChI=1S/C13H13BrN2O.C13H11BrN2/c14-11-6-7-13(15-8-11)16-12(9-17)10-4-2-1-3-5-10;14-11-6-7-13-15-12(9-16(13)8-11)10-4-2-1-3-5-10/h1-8,12,17H,9H2,(H,15,16);1-8,12H,9H2/t;12-/m.0/s1. The van der Waals surface area contributed by atoms with Gasteiger partial charge in [-0.15, -0.1) is 0 Å². The molecule has 0 bridgehead atoms. The number of aliphatic hydroxyl groups excluding tert-OH is 1. The van der Waals surface area contributed by atoms with Gasteiger partial charge in [-0.3, -0.25) is 4.99 Å². The van der Waals surface area contributed by atoms with Crippen molar-refractivity contribution < 1.29 is 5.11 Å². The van der Waals surface area contributed by atoms with E-state index in [-0.39, 0.29) is 18.7 Å². The zero-order chi connectivity index (χ0) is 23.0. The molecule has 7 heteroatoms. The first-order chi connectivity index (χ1) is 16.1. The fourth-order valence-corrected chi connectivity index (χ4v) is 4.19. The van der Waals surface area contributed by atoms with E-state index in [9.17, 15) is 5.11 Å². The van der Waals surface area contributed by atoms with E-state index in [1.807, 2.05) is 60.7 Å². The number of hydrogen-bond acceptors (Lipinski definition) is 5. The quantitative estimate of drug-likeness (QED) is 0.383. The highest BCUT2D eigenvalue weighted by molar-refractivity contribution is 9.12. The van der Waals surface area contributed by atoms with Crippen molar-refractivity contribution in [3.8, 4) is 0 Å². The number of aromatic nitrogens is 1. The Morgan fingerprint density at radius 1 is 0.970 bits per heavy atom. The minimum absolute atomic E-state index is 0.0295. The summed E-state index contributed by atoms with van der Waals surface area (Å²) in [6.07, 6.45) is 7.89. The number of allylic oxidation sites excluding steroid dienone is 2. The molecule has 1 aromatic heterocycles. The summed E-state index contributed by atoms with van der Waals surface area (Å²) >= 11 is 6.81. The van der Waals surface area contributed by atoms with E-state index in [4.69, 9.17) is 4.99 Å². The van der Waals surface area contributed by atoms with Gasteiger partial charge in [0.05, 0.1) is 25.2 Å². The lowest BCUT2D eigenvalue weighted by Crippen LogP contribution is -2.22. The number of rotatable bonds is 5. The van der Waals surface area contributed by atoms with Crippen LogP contribution in [0.1, 0.15) is 23.2 Å². The molecule has 2 aromatic carbocycles. The van der Waals surface area contributed by atoms with Gasteiger partial charge in [0.15, 0.2) is 0 Å². The summed E-state index contributed by atoms with van der Waals surface area (Å²) < 4.78 is 2.03. The lowest BCUT2D eigenvalue weighted by Gasteiger charge is -2.17. The van der Waals surface area contributed by atoms with Crippen LogP contribution in [0.5, 0.6) is 0 Å². The van der Waals surface area contributed by atoms with Crippen molar-refractivity contribution in [1.82, 2.24) is 9.88 Å². The molecule has 0 saturated carbocycles. The minimum Gasteiger partial charge on any atom is -0.394 e. The number of aliphatic hydroxyl groups is 1. The number of halogens is 2. The second kappa shape index (κ2) is 11.4. The van der Waals surface area contributed by atoms with Crippen molar-refractivity contribution in [3.63, 3.8) is 0 Å².